The molecule has 2 atom stereocenters. The molecule has 6 heteroatoms. The second-order valence-electron chi connectivity index (χ2n) is 23.5. The average Bonchev–Trinajstić information content (AvgIpc) is 3.40. The van der Waals surface area contributed by atoms with E-state index in [4.69, 9.17) is 4.74 Å². The van der Waals surface area contributed by atoms with Crippen molar-refractivity contribution < 1.29 is 24.5 Å². The topological polar surface area (TPSA) is 95.9 Å². The Bertz CT molecular complexity index is 1110. The zero-order valence-electron chi connectivity index (χ0n) is 50.4. The minimum absolute atomic E-state index is 0.0117. The van der Waals surface area contributed by atoms with Crippen LogP contribution in [0.15, 0.2) is 12.2 Å². The number of ether oxygens (including phenoxy) is 1. The number of nitrogens with one attached hydrogen (secondary N) is 1. The molecule has 0 saturated carbocycles. The van der Waals surface area contributed by atoms with Gasteiger partial charge in [0.25, 0.3) is 0 Å². The number of carbonyl (C=O) groups excluding carboxylic acids is 2. The molecule has 0 fully saturated rings. The predicted molar refractivity (Wildman–Crippen MR) is 324 cm³/mol. The minimum Gasteiger partial charge on any atom is -0.466 e. The van der Waals surface area contributed by atoms with Gasteiger partial charge in [0.05, 0.1) is 25.4 Å². The Labute approximate surface area is 463 Å². The molecule has 6 nitrogen and oxygen atoms in total. The summed E-state index contributed by atoms with van der Waals surface area (Å²) >= 11 is 0. The number of aliphatic hydroxyl groups excluding tert-OH is 2. The van der Waals surface area contributed by atoms with Gasteiger partial charge in [-0.25, -0.2) is 0 Å². The van der Waals surface area contributed by atoms with Gasteiger partial charge >= 0.3 is 5.97 Å². The molecule has 0 aromatic carbocycles. The molecule has 440 valence electrons. The highest BCUT2D eigenvalue weighted by molar-refractivity contribution is 5.76. The Morgan fingerprint density at radius 1 is 0.365 bits per heavy atom. The number of hydrogen-bond donors (Lipinski definition) is 3. The Morgan fingerprint density at radius 3 is 0.959 bits per heavy atom. The Morgan fingerprint density at radius 2 is 0.635 bits per heavy atom. The van der Waals surface area contributed by atoms with Gasteiger partial charge in [-0.15, -0.1) is 0 Å². The van der Waals surface area contributed by atoms with Crippen LogP contribution >= 0.6 is 0 Å². The van der Waals surface area contributed by atoms with Gasteiger partial charge in [-0.3, -0.25) is 9.59 Å². The molecule has 0 bridgehead atoms. The monoisotopic (exact) mass is 1040 g/mol. The summed E-state index contributed by atoms with van der Waals surface area (Å²) in [4.78, 5) is 24.6. The van der Waals surface area contributed by atoms with E-state index >= 15 is 0 Å². The molecule has 0 aromatic heterocycles. The van der Waals surface area contributed by atoms with Crippen molar-refractivity contribution in [3.05, 3.63) is 12.2 Å². The number of aliphatic hydroxyl groups is 2. The van der Waals surface area contributed by atoms with Crippen molar-refractivity contribution in [3.63, 3.8) is 0 Å². The standard InChI is InChI=1S/C68H133NO5/c1-3-5-7-9-11-13-15-17-33-38-42-46-50-54-58-62-68(73)74-63-59-55-51-47-43-39-35-32-30-28-26-24-22-20-19-21-23-25-27-29-31-34-37-41-45-49-53-57-61-67(72)69-65(64-70)66(71)60-56-52-48-44-40-36-18-16-14-12-10-8-6-4-2/h17,33,65-66,70-71H,3-16,18-32,34-64H2,1-2H3,(H,69,72)/b33-17-. The summed E-state index contributed by atoms with van der Waals surface area (Å²) in [5, 5.41) is 23.3. The molecule has 1 amide bonds. The van der Waals surface area contributed by atoms with Gasteiger partial charge in [-0.05, 0) is 51.4 Å². The van der Waals surface area contributed by atoms with E-state index in [1.165, 1.54) is 308 Å². The van der Waals surface area contributed by atoms with Crippen LogP contribution in [-0.2, 0) is 14.3 Å². The smallest absolute Gasteiger partial charge is 0.305 e. The molecule has 3 N–H and O–H groups in total. The Hall–Kier alpha value is -1.40. The lowest BCUT2D eigenvalue weighted by Crippen LogP contribution is -2.45. The summed E-state index contributed by atoms with van der Waals surface area (Å²) in [6.07, 6.45) is 78.2. The molecule has 74 heavy (non-hydrogen) atoms. The van der Waals surface area contributed by atoms with Gasteiger partial charge in [0.1, 0.15) is 0 Å². The maximum Gasteiger partial charge on any atom is 0.305 e. The van der Waals surface area contributed by atoms with E-state index in [1.54, 1.807) is 0 Å². The number of allylic oxidation sites excluding steroid dienone is 2. The summed E-state index contributed by atoms with van der Waals surface area (Å²) in [6, 6.07) is -0.538. The van der Waals surface area contributed by atoms with Crippen molar-refractivity contribution in [2.45, 2.75) is 398 Å². The number of amides is 1. The zero-order chi connectivity index (χ0) is 53.6. The second kappa shape index (κ2) is 64.1. The third kappa shape index (κ3) is 59.8. The van der Waals surface area contributed by atoms with E-state index in [0.717, 1.165) is 44.9 Å². The molecule has 0 heterocycles. The molecule has 0 aliphatic carbocycles. The minimum atomic E-state index is -0.661. The van der Waals surface area contributed by atoms with Crippen molar-refractivity contribution in [1.29, 1.82) is 0 Å². The van der Waals surface area contributed by atoms with Crippen LogP contribution in [0, 0.1) is 0 Å². The van der Waals surface area contributed by atoms with Crippen LogP contribution in [0.4, 0.5) is 0 Å². The van der Waals surface area contributed by atoms with E-state index in [1.807, 2.05) is 0 Å². The van der Waals surface area contributed by atoms with Gasteiger partial charge in [-0.1, -0.05) is 334 Å². The van der Waals surface area contributed by atoms with Gasteiger partial charge in [0.2, 0.25) is 5.91 Å². The normalized spacial score (nSPS) is 12.5. The lowest BCUT2D eigenvalue weighted by molar-refractivity contribution is -0.143. The fourth-order valence-electron chi connectivity index (χ4n) is 10.9. The average molecular weight is 1040 g/mol. The van der Waals surface area contributed by atoms with Crippen LogP contribution in [0.3, 0.4) is 0 Å². The summed E-state index contributed by atoms with van der Waals surface area (Å²) in [7, 11) is 0. The van der Waals surface area contributed by atoms with Gasteiger partial charge in [-0.2, -0.15) is 0 Å². The molecule has 0 aromatic rings. The van der Waals surface area contributed by atoms with E-state index in [-0.39, 0.29) is 18.5 Å². The molecule has 2 unspecified atom stereocenters. The quantitative estimate of drug-likeness (QED) is 0.0320. The molecular formula is C68H133NO5. The van der Waals surface area contributed by atoms with Crippen molar-refractivity contribution in [2.24, 2.45) is 0 Å². The predicted octanol–water partition coefficient (Wildman–Crippen LogP) is 21.6. The van der Waals surface area contributed by atoms with Crippen LogP contribution in [0.5, 0.6) is 0 Å². The maximum absolute atomic E-state index is 12.5. The molecule has 0 rings (SSSR count). The number of carbonyl (C=O) groups is 2. The van der Waals surface area contributed by atoms with E-state index in [9.17, 15) is 19.8 Å². The largest absolute Gasteiger partial charge is 0.466 e. The molecule has 0 spiro atoms. The summed E-state index contributed by atoms with van der Waals surface area (Å²) in [5.74, 6) is -0.0175. The highest BCUT2D eigenvalue weighted by atomic mass is 16.5. The highest BCUT2D eigenvalue weighted by Crippen LogP contribution is 2.19. The molecule has 0 saturated heterocycles. The lowest BCUT2D eigenvalue weighted by Gasteiger charge is -2.22. The van der Waals surface area contributed by atoms with Crippen LogP contribution < -0.4 is 5.32 Å². The van der Waals surface area contributed by atoms with Crippen molar-refractivity contribution in [2.75, 3.05) is 13.2 Å². The Kier molecular flexibility index (Phi) is 62.9. The summed E-state index contributed by atoms with van der Waals surface area (Å²) in [5.41, 5.74) is 0. The Balaban J connectivity index is 3.32. The first-order chi connectivity index (χ1) is 36.5. The molecule has 0 aliphatic rings. The highest BCUT2D eigenvalue weighted by Gasteiger charge is 2.20. The number of hydrogen-bond acceptors (Lipinski definition) is 5. The molecular weight excluding hydrogens is 911 g/mol. The van der Waals surface area contributed by atoms with Gasteiger partial charge in [0, 0.05) is 12.8 Å². The summed E-state index contributed by atoms with van der Waals surface area (Å²) < 4.78 is 5.49. The number of esters is 1. The van der Waals surface area contributed by atoms with Crippen molar-refractivity contribution >= 4 is 11.9 Å². The number of unbranched alkanes of at least 4 members (excludes halogenated alkanes) is 51. The molecule has 0 aliphatic heterocycles. The van der Waals surface area contributed by atoms with E-state index in [0.29, 0.717) is 25.9 Å². The van der Waals surface area contributed by atoms with Crippen LogP contribution in [0.2, 0.25) is 0 Å². The lowest BCUT2D eigenvalue weighted by atomic mass is 10.0. The van der Waals surface area contributed by atoms with Gasteiger partial charge < -0.3 is 20.3 Å². The maximum atomic E-state index is 12.5. The summed E-state index contributed by atoms with van der Waals surface area (Å²) in [6.45, 7) is 4.98. The second-order valence-corrected chi connectivity index (χ2v) is 23.5. The molecule has 0 radical (unpaired) electrons. The van der Waals surface area contributed by atoms with Crippen molar-refractivity contribution in [1.82, 2.24) is 5.32 Å². The fourth-order valence-corrected chi connectivity index (χ4v) is 10.9. The third-order valence-electron chi connectivity index (χ3n) is 16.1. The zero-order valence-corrected chi connectivity index (χ0v) is 50.4. The SMILES string of the molecule is CCCCCCCC/C=C\CCCCCCCC(=O)OCCCCCCCCCCCCCCCCCCCCCCCCCCCCCCC(=O)NC(CO)C(O)CCCCCCCCCCCCCCCC. The first-order valence-corrected chi connectivity index (χ1v) is 33.9. The van der Waals surface area contributed by atoms with E-state index in [2.05, 4.69) is 31.3 Å². The first kappa shape index (κ1) is 72.6. The van der Waals surface area contributed by atoms with Crippen LogP contribution in [0.25, 0.3) is 0 Å². The van der Waals surface area contributed by atoms with Crippen molar-refractivity contribution in [3.8, 4) is 0 Å². The van der Waals surface area contributed by atoms with E-state index < -0.39 is 12.1 Å². The fraction of sp³-hybridized carbons (Fsp3) is 0.941. The van der Waals surface area contributed by atoms with Gasteiger partial charge in [0.15, 0.2) is 0 Å². The third-order valence-corrected chi connectivity index (χ3v) is 16.1. The number of rotatable bonds is 64. The van der Waals surface area contributed by atoms with Crippen LogP contribution in [0.1, 0.15) is 386 Å². The van der Waals surface area contributed by atoms with Crippen LogP contribution in [-0.4, -0.2) is 47.4 Å². The first-order valence-electron chi connectivity index (χ1n) is 33.9.